The van der Waals surface area contributed by atoms with Crippen LogP contribution in [0.5, 0.6) is 0 Å². The summed E-state index contributed by atoms with van der Waals surface area (Å²) in [5.74, 6) is 0.559. The second-order valence-corrected chi connectivity index (χ2v) is 8.12. The van der Waals surface area contributed by atoms with Gasteiger partial charge in [0, 0.05) is 8.59 Å². The highest BCUT2D eigenvalue weighted by molar-refractivity contribution is 14.1. The number of benzene rings is 3. The largest absolute Gasteiger partial charge is 0.268 e. The van der Waals surface area contributed by atoms with Crippen LogP contribution in [0.4, 0.5) is 0 Å². The van der Waals surface area contributed by atoms with E-state index >= 15 is 0 Å². The van der Waals surface area contributed by atoms with E-state index in [4.69, 9.17) is 16.6 Å². The minimum atomic E-state index is -0.0899. The van der Waals surface area contributed by atoms with E-state index in [1.54, 1.807) is 4.57 Å². The first-order valence-corrected chi connectivity index (χ1v) is 10.2. The average Bonchev–Trinajstić information content (AvgIpc) is 2.68. The standard InChI is InChI=1S/C23H16ClIN2O/c1-15-5-4-7-18(13-15)27-22(12-9-16-6-2-3-8-20(16)24)26-21-11-10-17(25)14-19(21)23(27)28/h2-14H,1H3/b12-9+. The van der Waals surface area contributed by atoms with E-state index in [-0.39, 0.29) is 5.56 Å². The fraction of sp³-hybridized carbons (Fsp3) is 0.0435. The Balaban J connectivity index is 1.98. The van der Waals surface area contributed by atoms with Crippen molar-refractivity contribution in [3.63, 3.8) is 0 Å². The predicted octanol–water partition coefficient (Wildman–Crippen LogP) is 6.12. The summed E-state index contributed by atoms with van der Waals surface area (Å²) in [5, 5.41) is 1.25. The van der Waals surface area contributed by atoms with Crippen LogP contribution in [0.15, 0.2) is 71.5 Å². The van der Waals surface area contributed by atoms with Crippen molar-refractivity contribution in [2.24, 2.45) is 0 Å². The Morgan fingerprint density at radius 3 is 2.61 bits per heavy atom. The van der Waals surface area contributed by atoms with Gasteiger partial charge in [0.25, 0.3) is 5.56 Å². The lowest BCUT2D eigenvalue weighted by atomic mass is 10.2. The molecule has 3 aromatic carbocycles. The molecule has 0 spiro atoms. The Morgan fingerprint density at radius 2 is 1.82 bits per heavy atom. The van der Waals surface area contributed by atoms with Crippen LogP contribution in [0.25, 0.3) is 28.7 Å². The van der Waals surface area contributed by atoms with E-state index in [1.165, 1.54) is 0 Å². The van der Waals surface area contributed by atoms with Crippen molar-refractivity contribution < 1.29 is 0 Å². The predicted molar refractivity (Wildman–Crippen MR) is 125 cm³/mol. The van der Waals surface area contributed by atoms with E-state index in [0.717, 1.165) is 20.4 Å². The Kier molecular flexibility index (Phi) is 5.33. The van der Waals surface area contributed by atoms with Crippen molar-refractivity contribution in [2.75, 3.05) is 0 Å². The van der Waals surface area contributed by atoms with E-state index in [1.807, 2.05) is 85.8 Å². The lowest BCUT2D eigenvalue weighted by molar-refractivity contribution is 0.942. The zero-order valence-corrected chi connectivity index (χ0v) is 18.0. The highest BCUT2D eigenvalue weighted by atomic mass is 127. The van der Waals surface area contributed by atoms with Gasteiger partial charge in [-0.05, 0) is 89.2 Å². The van der Waals surface area contributed by atoms with E-state index in [0.29, 0.717) is 21.7 Å². The number of hydrogen-bond donors (Lipinski definition) is 0. The minimum Gasteiger partial charge on any atom is -0.268 e. The first kappa shape index (κ1) is 18.9. The molecule has 5 heteroatoms. The fourth-order valence-electron chi connectivity index (χ4n) is 3.08. The molecule has 3 nitrogen and oxygen atoms in total. The molecule has 138 valence electrons. The molecule has 1 aromatic heterocycles. The van der Waals surface area contributed by atoms with Gasteiger partial charge in [-0.25, -0.2) is 4.98 Å². The number of hydrogen-bond acceptors (Lipinski definition) is 2. The number of nitrogens with zero attached hydrogens (tertiary/aromatic N) is 2. The van der Waals surface area contributed by atoms with Crippen molar-refractivity contribution in [1.29, 1.82) is 0 Å². The highest BCUT2D eigenvalue weighted by Crippen LogP contribution is 2.20. The molecular weight excluding hydrogens is 483 g/mol. The lowest BCUT2D eigenvalue weighted by Gasteiger charge is -2.12. The van der Waals surface area contributed by atoms with Crippen LogP contribution in [0, 0.1) is 10.5 Å². The third-order valence-corrected chi connectivity index (χ3v) is 5.45. The summed E-state index contributed by atoms with van der Waals surface area (Å²) in [7, 11) is 0. The van der Waals surface area contributed by atoms with E-state index in [9.17, 15) is 4.79 Å². The first-order chi connectivity index (χ1) is 13.5. The number of aromatic nitrogens is 2. The van der Waals surface area contributed by atoms with Gasteiger partial charge in [0.2, 0.25) is 0 Å². The Bertz CT molecular complexity index is 1280. The maximum atomic E-state index is 13.4. The van der Waals surface area contributed by atoms with Crippen molar-refractivity contribution in [1.82, 2.24) is 9.55 Å². The molecule has 0 unspecified atom stereocenters. The summed E-state index contributed by atoms with van der Waals surface area (Å²) in [6.45, 7) is 2.01. The zero-order chi connectivity index (χ0) is 19.7. The second-order valence-electron chi connectivity index (χ2n) is 6.47. The molecule has 0 bridgehead atoms. The summed E-state index contributed by atoms with van der Waals surface area (Å²) >= 11 is 8.48. The number of aryl methyl sites for hydroxylation is 1. The smallest absolute Gasteiger partial charge is 0.266 e. The monoisotopic (exact) mass is 498 g/mol. The Labute approximate surface area is 181 Å². The molecule has 4 rings (SSSR count). The van der Waals surface area contributed by atoms with Gasteiger partial charge >= 0.3 is 0 Å². The molecule has 0 atom stereocenters. The SMILES string of the molecule is Cc1cccc(-n2c(/C=C/c3ccccc3Cl)nc3ccc(I)cc3c2=O)c1. The average molecular weight is 499 g/mol. The van der Waals surface area contributed by atoms with Crippen molar-refractivity contribution in [2.45, 2.75) is 6.92 Å². The van der Waals surface area contributed by atoms with Gasteiger partial charge in [-0.15, -0.1) is 0 Å². The normalized spacial score (nSPS) is 11.4. The zero-order valence-electron chi connectivity index (χ0n) is 15.1. The molecule has 0 aliphatic rings. The molecule has 0 saturated carbocycles. The summed E-state index contributed by atoms with van der Waals surface area (Å²) in [5.41, 5.74) is 3.32. The van der Waals surface area contributed by atoms with Crippen LogP contribution in [0.3, 0.4) is 0 Å². The molecule has 0 aliphatic heterocycles. The molecule has 4 aromatic rings. The van der Waals surface area contributed by atoms with Gasteiger partial charge in [0.1, 0.15) is 5.82 Å². The van der Waals surface area contributed by atoms with Gasteiger partial charge in [-0.1, -0.05) is 41.9 Å². The van der Waals surface area contributed by atoms with E-state index < -0.39 is 0 Å². The molecule has 0 saturated heterocycles. The topological polar surface area (TPSA) is 34.9 Å². The molecule has 0 fully saturated rings. The minimum absolute atomic E-state index is 0.0899. The van der Waals surface area contributed by atoms with Crippen LogP contribution < -0.4 is 5.56 Å². The van der Waals surface area contributed by atoms with Crippen molar-refractivity contribution in [3.05, 3.63) is 103 Å². The fourth-order valence-corrected chi connectivity index (χ4v) is 3.77. The van der Waals surface area contributed by atoms with Gasteiger partial charge in [-0.3, -0.25) is 9.36 Å². The summed E-state index contributed by atoms with van der Waals surface area (Å²) < 4.78 is 2.65. The third-order valence-electron chi connectivity index (χ3n) is 4.43. The second kappa shape index (κ2) is 7.89. The Hall–Kier alpha value is -2.44. The third kappa shape index (κ3) is 3.75. The molecular formula is C23H16ClIN2O. The van der Waals surface area contributed by atoms with Crippen molar-refractivity contribution in [3.8, 4) is 5.69 Å². The molecule has 0 amide bonds. The summed E-state index contributed by atoms with van der Waals surface area (Å²) in [6, 6.07) is 21.1. The summed E-state index contributed by atoms with van der Waals surface area (Å²) in [4.78, 5) is 18.1. The molecule has 1 heterocycles. The number of rotatable bonds is 3. The highest BCUT2D eigenvalue weighted by Gasteiger charge is 2.12. The lowest BCUT2D eigenvalue weighted by Crippen LogP contribution is -2.22. The maximum Gasteiger partial charge on any atom is 0.266 e. The van der Waals surface area contributed by atoms with Crippen LogP contribution >= 0.6 is 34.2 Å². The maximum absolute atomic E-state index is 13.4. The van der Waals surface area contributed by atoms with Crippen molar-refractivity contribution >= 4 is 57.2 Å². The van der Waals surface area contributed by atoms with Gasteiger partial charge in [0.05, 0.1) is 16.6 Å². The van der Waals surface area contributed by atoms with Crippen LogP contribution in [0.2, 0.25) is 5.02 Å². The summed E-state index contributed by atoms with van der Waals surface area (Å²) in [6.07, 6.45) is 3.72. The number of halogens is 2. The molecule has 0 N–H and O–H groups in total. The quantitative estimate of drug-likeness (QED) is 0.319. The van der Waals surface area contributed by atoms with Gasteiger partial charge in [0.15, 0.2) is 0 Å². The van der Waals surface area contributed by atoms with E-state index in [2.05, 4.69) is 22.6 Å². The molecule has 0 aliphatic carbocycles. The number of fused-ring (bicyclic) bond motifs is 1. The molecule has 0 radical (unpaired) electrons. The Morgan fingerprint density at radius 1 is 1.00 bits per heavy atom. The van der Waals surface area contributed by atoms with Gasteiger partial charge in [-0.2, -0.15) is 0 Å². The van der Waals surface area contributed by atoms with Crippen LogP contribution in [-0.2, 0) is 0 Å². The first-order valence-electron chi connectivity index (χ1n) is 8.75. The van der Waals surface area contributed by atoms with Crippen LogP contribution in [0.1, 0.15) is 17.0 Å². The molecule has 28 heavy (non-hydrogen) atoms. The van der Waals surface area contributed by atoms with Gasteiger partial charge < -0.3 is 0 Å². The van der Waals surface area contributed by atoms with Crippen LogP contribution in [-0.4, -0.2) is 9.55 Å².